The number of hydrogen-bond donors (Lipinski definition) is 1. The quantitative estimate of drug-likeness (QED) is 0.878. The molecule has 2 unspecified atom stereocenters. The van der Waals surface area contributed by atoms with Crippen molar-refractivity contribution in [2.45, 2.75) is 37.8 Å². The Morgan fingerprint density at radius 3 is 2.61 bits per heavy atom. The van der Waals surface area contributed by atoms with Crippen LogP contribution in [0.15, 0.2) is 42.7 Å². The fourth-order valence-electron chi connectivity index (χ4n) is 2.77. The van der Waals surface area contributed by atoms with Gasteiger partial charge in [0.2, 0.25) is 0 Å². The number of benzene rings is 1. The van der Waals surface area contributed by atoms with Gasteiger partial charge < -0.3 is 5.73 Å². The van der Waals surface area contributed by atoms with E-state index in [9.17, 15) is 0 Å². The Kier molecular flexibility index (Phi) is 3.15. The molecule has 3 rings (SSSR count). The highest BCUT2D eigenvalue weighted by atomic mass is 15.3. The summed E-state index contributed by atoms with van der Waals surface area (Å²) in [5.41, 5.74) is 8.59. The van der Waals surface area contributed by atoms with Gasteiger partial charge in [-0.25, -0.2) is 0 Å². The molecule has 0 aliphatic heterocycles. The minimum absolute atomic E-state index is 0.252. The van der Waals surface area contributed by atoms with E-state index >= 15 is 0 Å². The first-order valence-electron chi connectivity index (χ1n) is 6.70. The number of nitrogens with two attached hydrogens (primary N) is 1. The van der Waals surface area contributed by atoms with E-state index in [0.717, 1.165) is 12.8 Å². The van der Waals surface area contributed by atoms with Crippen molar-refractivity contribution in [3.05, 3.63) is 42.7 Å². The third-order valence-corrected chi connectivity index (χ3v) is 3.83. The maximum atomic E-state index is 6.20. The number of hydrogen-bond acceptors (Lipinski definition) is 2. The molecule has 2 atom stereocenters. The zero-order valence-electron chi connectivity index (χ0n) is 10.5. The lowest BCUT2D eigenvalue weighted by Gasteiger charge is -2.28. The standard InChI is InChI=1S/C15H19N3/c16-14-8-4-5-9-15(14)18-11-13(10-17-18)12-6-2-1-3-7-12/h1-3,6-7,10-11,14-15H,4-5,8-9,16H2. The molecule has 0 bridgehead atoms. The smallest absolute Gasteiger partial charge is 0.0670 e. The molecular formula is C15H19N3. The summed E-state index contributed by atoms with van der Waals surface area (Å²) in [5, 5.41) is 4.50. The number of rotatable bonds is 2. The monoisotopic (exact) mass is 241 g/mol. The van der Waals surface area contributed by atoms with E-state index in [0.29, 0.717) is 6.04 Å². The van der Waals surface area contributed by atoms with Crippen molar-refractivity contribution in [1.82, 2.24) is 9.78 Å². The molecule has 94 valence electrons. The van der Waals surface area contributed by atoms with Crippen LogP contribution in [0.2, 0.25) is 0 Å². The van der Waals surface area contributed by atoms with Crippen LogP contribution in [0.25, 0.3) is 11.1 Å². The average molecular weight is 241 g/mol. The van der Waals surface area contributed by atoms with Crippen LogP contribution in [0.4, 0.5) is 0 Å². The van der Waals surface area contributed by atoms with Crippen molar-refractivity contribution >= 4 is 0 Å². The van der Waals surface area contributed by atoms with Gasteiger partial charge in [-0.05, 0) is 18.4 Å². The van der Waals surface area contributed by atoms with Gasteiger partial charge in [0.05, 0.1) is 12.2 Å². The van der Waals surface area contributed by atoms with E-state index in [1.807, 2.05) is 12.3 Å². The minimum atomic E-state index is 0.252. The van der Waals surface area contributed by atoms with Gasteiger partial charge in [0.1, 0.15) is 0 Å². The first kappa shape index (κ1) is 11.5. The van der Waals surface area contributed by atoms with E-state index in [2.05, 4.69) is 40.2 Å². The molecule has 1 aromatic carbocycles. The summed E-state index contributed by atoms with van der Waals surface area (Å²) >= 11 is 0. The van der Waals surface area contributed by atoms with Gasteiger partial charge in [0.25, 0.3) is 0 Å². The Bertz CT molecular complexity index is 503. The Morgan fingerprint density at radius 2 is 1.83 bits per heavy atom. The second kappa shape index (κ2) is 4.94. The molecular weight excluding hydrogens is 222 g/mol. The van der Waals surface area contributed by atoms with Crippen molar-refractivity contribution in [2.75, 3.05) is 0 Å². The molecule has 0 amide bonds. The Hall–Kier alpha value is -1.61. The Balaban J connectivity index is 1.85. The van der Waals surface area contributed by atoms with Gasteiger partial charge >= 0.3 is 0 Å². The lowest BCUT2D eigenvalue weighted by molar-refractivity contribution is 0.286. The lowest BCUT2D eigenvalue weighted by atomic mass is 9.91. The van der Waals surface area contributed by atoms with Crippen molar-refractivity contribution in [1.29, 1.82) is 0 Å². The van der Waals surface area contributed by atoms with Crippen molar-refractivity contribution in [2.24, 2.45) is 5.73 Å². The summed E-state index contributed by atoms with van der Waals surface area (Å²) in [7, 11) is 0. The summed E-state index contributed by atoms with van der Waals surface area (Å²) in [6.45, 7) is 0. The minimum Gasteiger partial charge on any atom is -0.326 e. The highest BCUT2D eigenvalue weighted by molar-refractivity contribution is 5.61. The molecule has 18 heavy (non-hydrogen) atoms. The molecule has 2 N–H and O–H groups in total. The van der Waals surface area contributed by atoms with Crippen LogP contribution in [0.3, 0.4) is 0 Å². The van der Waals surface area contributed by atoms with Gasteiger partial charge in [0.15, 0.2) is 0 Å². The van der Waals surface area contributed by atoms with Crippen LogP contribution in [0.5, 0.6) is 0 Å². The summed E-state index contributed by atoms with van der Waals surface area (Å²) in [6.07, 6.45) is 8.85. The molecule has 3 heteroatoms. The van der Waals surface area contributed by atoms with E-state index < -0.39 is 0 Å². The number of nitrogens with zero attached hydrogens (tertiary/aromatic N) is 2. The topological polar surface area (TPSA) is 43.8 Å². The van der Waals surface area contributed by atoms with E-state index in [1.165, 1.54) is 24.0 Å². The number of aromatic nitrogens is 2. The van der Waals surface area contributed by atoms with E-state index in [-0.39, 0.29) is 6.04 Å². The zero-order valence-corrected chi connectivity index (χ0v) is 10.5. The maximum absolute atomic E-state index is 6.20. The third-order valence-electron chi connectivity index (χ3n) is 3.83. The zero-order chi connectivity index (χ0) is 12.4. The van der Waals surface area contributed by atoms with Crippen molar-refractivity contribution in [3.63, 3.8) is 0 Å². The predicted molar refractivity (Wildman–Crippen MR) is 73.1 cm³/mol. The second-order valence-electron chi connectivity index (χ2n) is 5.09. The molecule has 1 aromatic heterocycles. The van der Waals surface area contributed by atoms with Crippen LogP contribution >= 0.6 is 0 Å². The molecule has 1 heterocycles. The van der Waals surface area contributed by atoms with Gasteiger partial charge in [0, 0.05) is 17.8 Å². The van der Waals surface area contributed by atoms with E-state index in [1.54, 1.807) is 0 Å². The fraction of sp³-hybridized carbons (Fsp3) is 0.400. The van der Waals surface area contributed by atoms with E-state index in [4.69, 9.17) is 5.73 Å². The van der Waals surface area contributed by atoms with Crippen molar-refractivity contribution in [3.8, 4) is 11.1 Å². The molecule has 1 saturated carbocycles. The molecule has 0 radical (unpaired) electrons. The van der Waals surface area contributed by atoms with Crippen LogP contribution in [-0.2, 0) is 0 Å². The third kappa shape index (κ3) is 2.18. The average Bonchev–Trinajstić information content (AvgIpc) is 2.90. The first-order chi connectivity index (χ1) is 8.84. The summed E-state index contributed by atoms with van der Waals surface area (Å²) in [4.78, 5) is 0. The second-order valence-corrected chi connectivity index (χ2v) is 5.09. The van der Waals surface area contributed by atoms with Gasteiger partial charge in [-0.1, -0.05) is 43.2 Å². The largest absolute Gasteiger partial charge is 0.326 e. The molecule has 3 nitrogen and oxygen atoms in total. The molecule has 1 fully saturated rings. The van der Waals surface area contributed by atoms with Crippen LogP contribution in [0, 0.1) is 0 Å². The molecule has 0 saturated heterocycles. The highest BCUT2D eigenvalue weighted by Crippen LogP contribution is 2.28. The Labute approximate surface area is 108 Å². The Morgan fingerprint density at radius 1 is 1.06 bits per heavy atom. The highest BCUT2D eigenvalue weighted by Gasteiger charge is 2.23. The maximum Gasteiger partial charge on any atom is 0.0670 e. The van der Waals surface area contributed by atoms with Gasteiger partial charge in [-0.15, -0.1) is 0 Å². The predicted octanol–water partition coefficient (Wildman–Crippen LogP) is 2.99. The van der Waals surface area contributed by atoms with Crippen molar-refractivity contribution < 1.29 is 0 Å². The first-order valence-corrected chi connectivity index (χ1v) is 6.70. The SMILES string of the molecule is NC1CCCCC1n1cc(-c2ccccc2)cn1. The van der Waals surface area contributed by atoms with Crippen LogP contribution in [0.1, 0.15) is 31.7 Å². The molecule has 0 spiro atoms. The van der Waals surface area contributed by atoms with Gasteiger partial charge in [-0.2, -0.15) is 5.10 Å². The molecule has 1 aliphatic rings. The fourth-order valence-corrected chi connectivity index (χ4v) is 2.77. The summed E-state index contributed by atoms with van der Waals surface area (Å²) < 4.78 is 2.06. The normalized spacial score (nSPS) is 24.1. The lowest BCUT2D eigenvalue weighted by Crippen LogP contribution is -2.35. The molecule has 1 aliphatic carbocycles. The van der Waals surface area contributed by atoms with Gasteiger partial charge in [-0.3, -0.25) is 4.68 Å². The summed E-state index contributed by atoms with van der Waals surface area (Å²) in [5.74, 6) is 0. The van der Waals surface area contributed by atoms with Crippen LogP contribution in [-0.4, -0.2) is 15.8 Å². The molecule has 2 aromatic rings. The van der Waals surface area contributed by atoms with Crippen LogP contribution < -0.4 is 5.73 Å². The summed E-state index contributed by atoms with van der Waals surface area (Å²) in [6, 6.07) is 11.0.